The molecule has 0 bridgehead atoms. The standard InChI is InChI=1S/C13H25N3O/c1-4-16-11-15-9-12(16)8-14-10-13(2,3)6-5-7-17/h9,11,14,17H,4-8,10H2,1-3H3. The van der Waals surface area contributed by atoms with Gasteiger partial charge in [0.2, 0.25) is 0 Å². The van der Waals surface area contributed by atoms with Crippen LogP contribution in [0.3, 0.4) is 0 Å². The van der Waals surface area contributed by atoms with Crippen molar-refractivity contribution in [2.45, 2.75) is 46.7 Å². The molecule has 0 radical (unpaired) electrons. The second kappa shape index (κ2) is 6.77. The zero-order valence-electron chi connectivity index (χ0n) is 11.2. The Morgan fingerprint density at radius 3 is 2.88 bits per heavy atom. The Bertz CT molecular complexity index is 320. The van der Waals surface area contributed by atoms with Gasteiger partial charge in [-0.1, -0.05) is 13.8 Å². The van der Waals surface area contributed by atoms with E-state index in [1.54, 1.807) is 0 Å². The molecule has 0 fully saturated rings. The van der Waals surface area contributed by atoms with Crippen LogP contribution < -0.4 is 5.32 Å². The Morgan fingerprint density at radius 1 is 1.47 bits per heavy atom. The quantitative estimate of drug-likeness (QED) is 0.727. The fourth-order valence-electron chi connectivity index (χ4n) is 1.96. The zero-order valence-corrected chi connectivity index (χ0v) is 11.2. The maximum Gasteiger partial charge on any atom is 0.0948 e. The molecule has 0 spiro atoms. The second-order valence-corrected chi connectivity index (χ2v) is 5.27. The molecule has 0 aliphatic rings. The van der Waals surface area contributed by atoms with E-state index < -0.39 is 0 Å². The average Bonchev–Trinajstić information content (AvgIpc) is 2.74. The Hall–Kier alpha value is -0.870. The number of imidazole rings is 1. The largest absolute Gasteiger partial charge is 0.396 e. The van der Waals surface area contributed by atoms with E-state index in [-0.39, 0.29) is 12.0 Å². The van der Waals surface area contributed by atoms with E-state index in [0.29, 0.717) is 0 Å². The van der Waals surface area contributed by atoms with Crippen LogP contribution in [0.15, 0.2) is 12.5 Å². The van der Waals surface area contributed by atoms with Crippen molar-refractivity contribution >= 4 is 0 Å². The lowest BCUT2D eigenvalue weighted by atomic mass is 9.88. The number of aliphatic hydroxyl groups excluding tert-OH is 1. The molecule has 0 aliphatic heterocycles. The van der Waals surface area contributed by atoms with Gasteiger partial charge in [0.1, 0.15) is 0 Å². The van der Waals surface area contributed by atoms with Crippen LogP contribution in [0, 0.1) is 5.41 Å². The predicted octanol–water partition coefficient (Wildman–Crippen LogP) is 1.79. The van der Waals surface area contributed by atoms with Crippen molar-refractivity contribution in [3.8, 4) is 0 Å². The minimum Gasteiger partial charge on any atom is -0.396 e. The number of aryl methyl sites for hydroxylation is 1. The maximum atomic E-state index is 8.84. The third kappa shape index (κ3) is 4.88. The Balaban J connectivity index is 2.32. The number of rotatable bonds is 8. The van der Waals surface area contributed by atoms with E-state index >= 15 is 0 Å². The van der Waals surface area contributed by atoms with Crippen LogP contribution in [0.25, 0.3) is 0 Å². The van der Waals surface area contributed by atoms with Gasteiger partial charge in [0, 0.05) is 32.4 Å². The van der Waals surface area contributed by atoms with E-state index in [1.807, 2.05) is 12.5 Å². The smallest absolute Gasteiger partial charge is 0.0948 e. The minimum absolute atomic E-state index is 0.236. The highest BCUT2D eigenvalue weighted by atomic mass is 16.2. The van der Waals surface area contributed by atoms with Crippen LogP contribution in [0.5, 0.6) is 0 Å². The molecule has 0 aromatic carbocycles. The lowest BCUT2D eigenvalue weighted by Gasteiger charge is -2.24. The van der Waals surface area contributed by atoms with E-state index in [9.17, 15) is 0 Å². The molecular weight excluding hydrogens is 214 g/mol. The molecule has 1 aromatic rings. The number of aliphatic hydroxyl groups is 1. The molecule has 1 heterocycles. The molecule has 0 unspecified atom stereocenters. The van der Waals surface area contributed by atoms with E-state index in [2.05, 4.69) is 35.6 Å². The van der Waals surface area contributed by atoms with Crippen LogP contribution in [-0.4, -0.2) is 27.8 Å². The average molecular weight is 239 g/mol. The lowest BCUT2D eigenvalue weighted by molar-refractivity contribution is 0.236. The van der Waals surface area contributed by atoms with Gasteiger partial charge in [-0.25, -0.2) is 4.98 Å². The Kier molecular flexibility index (Phi) is 5.65. The summed E-state index contributed by atoms with van der Waals surface area (Å²) in [6.07, 6.45) is 5.70. The molecule has 0 saturated carbocycles. The molecule has 0 saturated heterocycles. The highest BCUT2D eigenvalue weighted by Gasteiger charge is 2.16. The van der Waals surface area contributed by atoms with Crippen LogP contribution in [-0.2, 0) is 13.1 Å². The SMILES string of the molecule is CCn1cncc1CNCC(C)(C)CCCO. The first-order valence-electron chi connectivity index (χ1n) is 6.39. The summed E-state index contributed by atoms with van der Waals surface area (Å²) in [6.45, 7) is 9.64. The van der Waals surface area contributed by atoms with Crippen molar-refractivity contribution in [1.82, 2.24) is 14.9 Å². The van der Waals surface area contributed by atoms with Crippen molar-refractivity contribution in [1.29, 1.82) is 0 Å². The molecule has 17 heavy (non-hydrogen) atoms. The van der Waals surface area contributed by atoms with Crippen LogP contribution in [0.1, 0.15) is 39.3 Å². The molecule has 4 nitrogen and oxygen atoms in total. The van der Waals surface area contributed by atoms with Crippen molar-refractivity contribution < 1.29 is 5.11 Å². The van der Waals surface area contributed by atoms with Crippen molar-refractivity contribution in [2.24, 2.45) is 5.41 Å². The Labute approximate surface area is 104 Å². The summed E-state index contributed by atoms with van der Waals surface area (Å²) >= 11 is 0. The third-order valence-electron chi connectivity index (χ3n) is 3.06. The first kappa shape index (κ1) is 14.2. The topological polar surface area (TPSA) is 50.1 Å². The summed E-state index contributed by atoms with van der Waals surface area (Å²) in [4.78, 5) is 4.15. The van der Waals surface area contributed by atoms with E-state index in [0.717, 1.165) is 32.5 Å². The highest BCUT2D eigenvalue weighted by molar-refractivity contribution is 4.97. The van der Waals surface area contributed by atoms with Crippen LogP contribution in [0.4, 0.5) is 0 Å². The van der Waals surface area contributed by atoms with Crippen LogP contribution in [0.2, 0.25) is 0 Å². The van der Waals surface area contributed by atoms with Crippen molar-refractivity contribution in [3.05, 3.63) is 18.2 Å². The van der Waals surface area contributed by atoms with Gasteiger partial charge in [0.05, 0.1) is 12.0 Å². The normalized spacial score (nSPS) is 12.0. The van der Waals surface area contributed by atoms with Gasteiger partial charge < -0.3 is 15.0 Å². The molecule has 0 atom stereocenters. The van der Waals surface area contributed by atoms with E-state index in [1.165, 1.54) is 5.69 Å². The van der Waals surface area contributed by atoms with Crippen molar-refractivity contribution in [3.63, 3.8) is 0 Å². The van der Waals surface area contributed by atoms with E-state index in [4.69, 9.17) is 5.11 Å². The summed E-state index contributed by atoms with van der Waals surface area (Å²) in [5, 5.41) is 12.3. The predicted molar refractivity (Wildman–Crippen MR) is 69.7 cm³/mol. The zero-order chi connectivity index (χ0) is 12.7. The monoisotopic (exact) mass is 239 g/mol. The van der Waals surface area contributed by atoms with Gasteiger partial charge in [-0.2, -0.15) is 0 Å². The third-order valence-corrected chi connectivity index (χ3v) is 3.06. The van der Waals surface area contributed by atoms with Crippen LogP contribution >= 0.6 is 0 Å². The molecule has 4 heteroatoms. The summed E-state index contributed by atoms with van der Waals surface area (Å²) < 4.78 is 2.15. The second-order valence-electron chi connectivity index (χ2n) is 5.27. The number of nitrogens with one attached hydrogen (secondary N) is 1. The first-order chi connectivity index (χ1) is 8.09. The summed E-state index contributed by atoms with van der Waals surface area (Å²) in [5.41, 5.74) is 1.46. The number of hydrogen-bond donors (Lipinski definition) is 2. The van der Waals surface area contributed by atoms with Crippen molar-refractivity contribution in [2.75, 3.05) is 13.2 Å². The fraction of sp³-hybridized carbons (Fsp3) is 0.769. The number of aromatic nitrogens is 2. The van der Waals surface area contributed by atoms with Gasteiger partial charge >= 0.3 is 0 Å². The van der Waals surface area contributed by atoms with Gasteiger partial charge in [-0.15, -0.1) is 0 Å². The molecule has 98 valence electrons. The minimum atomic E-state index is 0.236. The summed E-state index contributed by atoms with van der Waals surface area (Å²) in [6, 6.07) is 0. The molecule has 1 rings (SSSR count). The first-order valence-corrected chi connectivity index (χ1v) is 6.39. The molecule has 0 amide bonds. The number of hydrogen-bond acceptors (Lipinski definition) is 3. The summed E-state index contributed by atoms with van der Waals surface area (Å²) in [7, 11) is 0. The summed E-state index contributed by atoms with van der Waals surface area (Å²) in [5.74, 6) is 0. The molecular formula is C13H25N3O. The fourth-order valence-corrected chi connectivity index (χ4v) is 1.96. The van der Waals surface area contributed by atoms with Gasteiger partial charge in [0.25, 0.3) is 0 Å². The molecule has 0 aliphatic carbocycles. The molecule has 1 aromatic heterocycles. The Morgan fingerprint density at radius 2 is 2.24 bits per heavy atom. The highest BCUT2D eigenvalue weighted by Crippen LogP contribution is 2.20. The van der Waals surface area contributed by atoms with Gasteiger partial charge in [-0.05, 0) is 25.2 Å². The van der Waals surface area contributed by atoms with Gasteiger partial charge in [-0.3, -0.25) is 0 Å². The number of nitrogens with zero attached hydrogens (tertiary/aromatic N) is 2. The lowest BCUT2D eigenvalue weighted by Crippen LogP contribution is -2.29. The van der Waals surface area contributed by atoms with Gasteiger partial charge in [0.15, 0.2) is 0 Å². The maximum absolute atomic E-state index is 8.84. The molecule has 2 N–H and O–H groups in total.